The van der Waals surface area contributed by atoms with Crippen molar-refractivity contribution in [3.63, 3.8) is 0 Å². The van der Waals surface area contributed by atoms with E-state index in [0.717, 1.165) is 12.3 Å². The molecule has 10 heteroatoms. The molecule has 3 radical (unpaired) electrons. The molecule has 0 aromatic heterocycles. The molecule has 0 bridgehead atoms. The molecule has 0 aromatic carbocycles. The summed E-state index contributed by atoms with van der Waals surface area (Å²) in [6, 6.07) is 0. The minimum absolute atomic E-state index is 0.915. The van der Waals surface area contributed by atoms with Crippen LogP contribution in [0.4, 0.5) is 39.5 Å². The fourth-order valence-corrected chi connectivity index (χ4v) is 1.07. The molecule has 0 aliphatic carbocycles. The Hall–Kier alpha value is -1.48. The van der Waals surface area contributed by atoms with Crippen LogP contribution in [0.2, 0.25) is 0 Å². The molecule has 0 saturated carbocycles. The molecule has 18 heavy (non-hydrogen) atoms. The number of halogens is 9. The van der Waals surface area contributed by atoms with E-state index in [2.05, 4.69) is 4.99 Å². The van der Waals surface area contributed by atoms with Crippen LogP contribution in [-0.2, 0) is 0 Å². The van der Waals surface area contributed by atoms with Crippen LogP contribution in [0, 0.1) is 6.08 Å². The number of hydrogen-bond acceptors (Lipinski definition) is 1. The third-order valence-electron chi connectivity index (χ3n) is 1.67. The summed E-state index contributed by atoms with van der Waals surface area (Å²) in [7, 11) is 0. The lowest BCUT2D eigenvalue weighted by molar-refractivity contribution is -0.130. The van der Waals surface area contributed by atoms with Gasteiger partial charge in [-0.2, -0.15) is 39.5 Å². The van der Waals surface area contributed by atoms with Gasteiger partial charge in [-0.1, -0.05) is 0 Å². The highest BCUT2D eigenvalue weighted by Gasteiger charge is 2.59. The van der Waals surface area contributed by atoms with Crippen molar-refractivity contribution >= 4 is 6.21 Å². The normalized spacial score (nSPS) is 18.2. The van der Waals surface area contributed by atoms with E-state index in [9.17, 15) is 39.5 Å². The smallest absolute Gasteiger partial charge is 0.166 e. The number of rotatable bonds is 0. The van der Waals surface area contributed by atoms with Crippen LogP contribution >= 0.6 is 0 Å². The topological polar surface area (TPSA) is 14.1 Å². The molecule has 0 unspecified atom stereocenters. The molecule has 99 valence electrons. The van der Waals surface area contributed by atoms with Crippen LogP contribution in [0.15, 0.2) is 16.8 Å². The summed E-state index contributed by atoms with van der Waals surface area (Å²) in [4.78, 5) is 2.17. The molecule has 1 heterocycles. The largest absolute Gasteiger partial charge is 0.485 e. The first-order chi connectivity index (χ1) is 7.85. The lowest BCUT2D eigenvalue weighted by Gasteiger charge is -2.17. The summed E-state index contributed by atoms with van der Waals surface area (Å²) in [6.45, 7) is 0. The number of aliphatic imine (C=N–C) groups is 1. The van der Waals surface area contributed by atoms with E-state index in [4.69, 9.17) is 0 Å². The fraction of sp³-hybridized carbons (Fsp3) is 0.375. The predicted octanol–water partition coefficient (Wildman–Crippen LogP) is 2.95. The van der Waals surface area contributed by atoms with Gasteiger partial charge in [-0.25, -0.2) is 0 Å². The highest BCUT2D eigenvalue weighted by Crippen LogP contribution is 2.44. The van der Waals surface area contributed by atoms with Crippen LogP contribution in [0.1, 0.15) is 0 Å². The number of hydrogen-bond donors (Lipinski definition) is 0. The van der Waals surface area contributed by atoms with Gasteiger partial charge in [0.25, 0.3) is 0 Å². The van der Waals surface area contributed by atoms with Gasteiger partial charge in [0.1, 0.15) is 0 Å². The second-order valence-corrected chi connectivity index (χ2v) is 2.94. The summed E-state index contributed by atoms with van der Waals surface area (Å²) in [6.07, 6.45) is -15.2. The van der Waals surface area contributed by atoms with Gasteiger partial charge in [-0.3, -0.25) is 0 Å². The van der Waals surface area contributed by atoms with Gasteiger partial charge in [0.2, 0.25) is 0 Å². The van der Waals surface area contributed by atoms with E-state index in [1.54, 1.807) is 0 Å². The van der Waals surface area contributed by atoms with Gasteiger partial charge in [0, 0.05) is 0 Å². The first-order valence-corrected chi connectivity index (χ1v) is 3.90. The quantitative estimate of drug-likeness (QED) is 0.606. The summed E-state index contributed by atoms with van der Waals surface area (Å²) in [5.41, 5.74) is -8.21. The zero-order valence-electron chi connectivity index (χ0n) is 7.85. The maximum atomic E-state index is 12.3. The van der Waals surface area contributed by atoms with Crippen molar-refractivity contribution in [2.24, 2.45) is 0 Å². The van der Waals surface area contributed by atoms with Crippen molar-refractivity contribution < 1.29 is 39.5 Å². The van der Waals surface area contributed by atoms with Crippen molar-refractivity contribution in [2.75, 3.05) is 0 Å². The van der Waals surface area contributed by atoms with E-state index in [-0.39, 0.29) is 0 Å². The molecule has 0 saturated heterocycles. The van der Waals surface area contributed by atoms with Crippen LogP contribution in [0.3, 0.4) is 0 Å². The average molecular weight is 281 g/mol. The molecule has 0 amide bonds. The Bertz CT molecular complexity index is 429. The van der Waals surface area contributed by atoms with Gasteiger partial charge in [0.05, 0.1) is 16.6 Å². The number of nitrogens with zero attached hydrogens (tertiary/aromatic N) is 1. The highest BCUT2D eigenvalue weighted by atomic mass is 19.4. The van der Waals surface area contributed by atoms with Gasteiger partial charge in [-0.15, -0.1) is 0 Å². The summed E-state index contributed by atoms with van der Waals surface area (Å²) in [5.74, 6) is 0. The summed E-state index contributed by atoms with van der Waals surface area (Å²) < 4.78 is 110. The Labute approximate surface area is 93.3 Å². The standard InChI is InChI=1S/C8F9N/c9-6(10,11)3-1-2-18-5(8(15,16)17)4(3)7(12,13)14/q+1. The van der Waals surface area contributed by atoms with E-state index in [0.29, 0.717) is 0 Å². The molecule has 1 aliphatic rings. The third-order valence-corrected chi connectivity index (χ3v) is 1.67. The molecule has 0 fully saturated rings. The Morgan fingerprint density at radius 1 is 0.722 bits per heavy atom. The summed E-state index contributed by atoms with van der Waals surface area (Å²) in [5, 5.41) is 0. The molecule has 0 spiro atoms. The van der Waals surface area contributed by atoms with Gasteiger partial charge in [-0.05, 0) is 0 Å². The van der Waals surface area contributed by atoms with Crippen LogP contribution in [-0.4, -0.2) is 24.7 Å². The van der Waals surface area contributed by atoms with Crippen molar-refractivity contribution in [3.8, 4) is 0 Å². The SMILES string of the molecule is FC(F)(F)C1=[C][C]=[N+]C(C(F)(F)F)=C1C(F)(F)F. The van der Waals surface area contributed by atoms with Crippen LogP contribution in [0.5, 0.6) is 0 Å². The molecule has 1 rings (SSSR count). The van der Waals surface area contributed by atoms with Crippen LogP contribution in [0.25, 0.3) is 0 Å². The minimum Gasteiger partial charge on any atom is -0.166 e. The van der Waals surface area contributed by atoms with Crippen molar-refractivity contribution in [1.82, 2.24) is 4.99 Å². The third kappa shape index (κ3) is 2.85. The van der Waals surface area contributed by atoms with Gasteiger partial charge >= 0.3 is 30.4 Å². The Morgan fingerprint density at radius 3 is 1.56 bits per heavy atom. The Morgan fingerprint density at radius 2 is 1.22 bits per heavy atom. The van der Waals surface area contributed by atoms with Crippen molar-refractivity contribution in [2.45, 2.75) is 18.5 Å². The fourth-order valence-electron chi connectivity index (χ4n) is 1.07. The zero-order chi connectivity index (χ0) is 14.4. The monoisotopic (exact) mass is 281 g/mol. The first kappa shape index (κ1) is 14.6. The average Bonchev–Trinajstić information content (AvgIpc) is 2.12. The van der Waals surface area contributed by atoms with Crippen molar-refractivity contribution in [1.29, 1.82) is 0 Å². The van der Waals surface area contributed by atoms with Gasteiger partial charge < -0.3 is 0 Å². The van der Waals surface area contributed by atoms with E-state index >= 15 is 0 Å². The molecule has 0 atom stereocenters. The summed E-state index contributed by atoms with van der Waals surface area (Å²) >= 11 is 0. The van der Waals surface area contributed by atoms with Crippen molar-refractivity contribution in [3.05, 3.63) is 22.9 Å². The Kier molecular flexibility index (Phi) is 3.26. The van der Waals surface area contributed by atoms with Gasteiger partial charge in [0.15, 0.2) is 5.57 Å². The predicted molar refractivity (Wildman–Crippen MR) is 39.1 cm³/mol. The number of allylic oxidation sites excluding steroid dienone is 4. The van der Waals surface area contributed by atoms with E-state index in [1.165, 1.54) is 0 Å². The first-order valence-electron chi connectivity index (χ1n) is 3.90. The molecular weight excluding hydrogens is 281 g/mol. The molecule has 0 N–H and O–H groups in total. The van der Waals surface area contributed by atoms with E-state index < -0.39 is 35.4 Å². The maximum Gasteiger partial charge on any atom is 0.485 e. The zero-order valence-corrected chi connectivity index (χ0v) is 7.85. The number of alkyl halides is 9. The highest BCUT2D eigenvalue weighted by molar-refractivity contribution is 5.72. The second-order valence-electron chi connectivity index (χ2n) is 2.94. The minimum atomic E-state index is -5.87. The van der Waals surface area contributed by atoms with Crippen LogP contribution < -0.4 is 4.99 Å². The lowest BCUT2D eigenvalue weighted by Crippen LogP contribution is -2.32. The molecule has 0 aromatic rings. The molecular formula is C8F9N+. The Balaban J connectivity index is 3.56. The molecule has 1 aliphatic heterocycles. The molecule has 1 nitrogen and oxygen atoms in total. The second kappa shape index (κ2) is 4.02. The van der Waals surface area contributed by atoms with E-state index in [1.807, 2.05) is 0 Å². The maximum absolute atomic E-state index is 12.3. The lowest BCUT2D eigenvalue weighted by atomic mass is 10.0.